The van der Waals surface area contributed by atoms with Gasteiger partial charge in [0.25, 0.3) is 0 Å². The lowest BCUT2D eigenvalue weighted by molar-refractivity contribution is -0.126. The summed E-state index contributed by atoms with van der Waals surface area (Å²) in [5.74, 6) is 0.0956. The summed E-state index contributed by atoms with van der Waals surface area (Å²) >= 11 is 0. The lowest BCUT2D eigenvalue weighted by Crippen LogP contribution is -2.45. The summed E-state index contributed by atoms with van der Waals surface area (Å²) in [4.78, 5) is 17.0. The first kappa shape index (κ1) is 22.0. The maximum atomic E-state index is 13.0. The molecule has 1 atom stereocenters. The number of carbonyl (C=O) groups excluding carboxylic acids is 1. The van der Waals surface area contributed by atoms with Crippen molar-refractivity contribution in [3.8, 4) is 11.4 Å². The molecule has 1 N–H and O–H groups in total. The molecule has 3 aromatic rings. The second-order valence-corrected chi connectivity index (χ2v) is 9.67. The van der Waals surface area contributed by atoms with Gasteiger partial charge in [-0.25, -0.2) is 13.4 Å². The average Bonchev–Trinajstić information content (AvgIpc) is 3.38. The van der Waals surface area contributed by atoms with Gasteiger partial charge >= 0.3 is 0 Å². The van der Waals surface area contributed by atoms with Crippen LogP contribution >= 0.6 is 0 Å². The van der Waals surface area contributed by atoms with Crippen LogP contribution < -0.4 is 10.1 Å². The second-order valence-electron chi connectivity index (χ2n) is 7.73. The number of sulfonamides is 1. The maximum absolute atomic E-state index is 13.0. The van der Waals surface area contributed by atoms with Gasteiger partial charge in [-0.15, -0.1) is 0 Å². The van der Waals surface area contributed by atoms with Crippen molar-refractivity contribution in [3.05, 3.63) is 72.8 Å². The van der Waals surface area contributed by atoms with Gasteiger partial charge in [0.05, 0.1) is 24.3 Å². The number of rotatable bonds is 7. The Balaban J connectivity index is 1.35. The number of benzene rings is 2. The number of hydrogen-bond acceptors (Lipinski definition) is 5. The van der Waals surface area contributed by atoms with Crippen LogP contribution in [0, 0.1) is 5.92 Å². The van der Waals surface area contributed by atoms with Crippen molar-refractivity contribution in [2.24, 2.45) is 5.92 Å². The highest BCUT2D eigenvalue weighted by Crippen LogP contribution is 2.25. The lowest BCUT2D eigenvalue weighted by atomic mass is 9.99. The summed E-state index contributed by atoms with van der Waals surface area (Å²) in [6.07, 6.45) is 6.63. The minimum absolute atomic E-state index is 0.127. The van der Waals surface area contributed by atoms with E-state index in [1.165, 1.54) is 23.5 Å². The molecule has 1 aromatic heterocycles. The smallest absolute Gasteiger partial charge is 0.243 e. The Morgan fingerprint density at radius 3 is 2.56 bits per heavy atom. The lowest BCUT2D eigenvalue weighted by Gasteiger charge is -2.31. The Hall–Kier alpha value is -3.17. The standard InChI is InChI=1S/C23H26N4O4S/c1-31-21-8-10-22(11-9-21)32(29,30)27-13-2-3-19(16-27)23(28)25-15-18-4-6-20(7-5-18)26-14-12-24-17-26/h4-12,14,17,19H,2-3,13,15-16H2,1H3,(H,25,28)/t19-/m0/s1. The van der Waals surface area contributed by atoms with Crippen molar-refractivity contribution in [2.75, 3.05) is 20.2 Å². The number of hydrogen-bond donors (Lipinski definition) is 1. The highest BCUT2D eigenvalue weighted by Gasteiger charge is 2.33. The van der Waals surface area contributed by atoms with Crippen LogP contribution in [0.15, 0.2) is 72.1 Å². The van der Waals surface area contributed by atoms with Gasteiger partial charge in [-0.2, -0.15) is 4.31 Å². The summed E-state index contributed by atoms with van der Waals surface area (Å²) in [6, 6.07) is 14.2. The monoisotopic (exact) mass is 454 g/mol. The first-order chi connectivity index (χ1) is 15.5. The molecular weight excluding hydrogens is 428 g/mol. The zero-order valence-electron chi connectivity index (χ0n) is 17.8. The zero-order valence-corrected chi connectivity index (χ0v) is 18.7. The van der Waals surface area contributed by atoms with Gasteiger partial charge in [-0.05, 0) is 54.8 Å². The molecule has 0 saturated carbocycles. The minimum atomic E-state index is -3.66. The van der Waals surface area contributed by atoms with Crippen LogP contribution in [0.5, 0.6) is 5.75 Å². The number of nitrogens with zero attached hydrogens (tertiary/aromatic N) is 3. The maximum Gasteiger partial charge on any atom is 0.243 e. The van der Waals surface area contributed by atoms with Gasteiger partial charge in [-0.1, -0.05) is 12.1 Å². The molecule has 4 rings (SSSR count). The molecule has 168 valence electrons. The van der Waals surface area contributed by atoms with Crippen molar-refractivity contribution >= 4 is 15.9 Å². The molecule has 1 aliphatic rings. The van der Waals surface area contributed by atoms with E-state index in [9.17, 15) is 13.2 Å². The van der Waals surface area contributed by atoms with E-state index in [0.717, 1.165) is 11.3 Å². The summed E-state index contributed by atoms with van der Waals surface area (Å²) < 4.78 is 34.4. The van der Waals surface area contributed by atoms with Crippen LogP contribution in [0.1, 0.15) is 18.4 Å². The SMILES string of the molecule is COc1ccc(S(=O)(=O)N2CCC[C@H](C(=O)NCc3ccc(-n4ccnc4)cc3)C2)cc1. The average molecular weight is 455 g/mol. The zero-order chi connectivity index (χ0) is 22.6. The highest BCUT2D eigenvalue weighted by atomic mass is 32.2. The molecule has 0 unspecified atom stereocenters. The van der Waals surface area contributed by atoms with E-state index in [4.69, 9.17) is 4.74 Å². The third-order valence-corrected chi connectivity index (χ3v) is 7.54. The van der Waals surface area contributed by atoms with Crippen LogP contribution in [0.25, 0.3) is 5.69 Å². The molecule has 2 aromatic carbocycles. The number of nitrogens with one attached hydrogen (secondary N) is 1. The van der Waals surface area contributed by atoms with Crippen LogP contribution in [-0.2, 0) is 21.4 Å². The van der Waals surface area contributed by atoms with Crippen molar-refractivity contribution < 1.29 is 17.9 Å². The van der Waals surface area contributed by atoms with Gasteiger partial charge in [0.15, 0.2) is 0 Å². The van der Waals surface area contributed by atoms with Crippen molar-refractivity contribution in [1.29, 1.82) is 0 Å². The van der Waals surface area contributed by atoms with E-state index in [1.54, 1.807) is 24.7 Å². The molecule has 0 aliphatic carbocycles. The summed E-state index contributed by atoms with van der Waals surface area (Å²) in [7, 11) is -2.12. The number of imidazole rings is 1. The first-order valence-corrected chi connectivity index (χ1v) is 11.9. The highest BCUT2D eigenvalue weighted by molar-refractivity contribution is 7.89. The molecule has 1 amide bonds. The molecular formula is C23H26N4O4S. The van der Waals surface area contributed by atoms with E-state index in [1.807, 2.05) is 35.0 Å². The number of carbonyl (C=O) groups is 1. The first-order valence-electron chi connectivity index (χ1n) is 10.5. The third-order valence-electron chi connectivity index (χ3n) is 5.66. The van der Waals surface area contributed by atoms with Crippen LogP contribution in [0.3, 0.4) is 0 Å². The normalized spacial score (nSPS) is 17.1. The minimum Gasteiger partial charge on any atom is -0.497 e. The quantitative estimate of drug-likeness (QED) is 0.592. The van der Waals surface area contributed by atoms with E-state index >= 15 is 0 Å². The van der Waals surface area contributed by atoms with Crippen LogP contribution in [0.4, 0.5) is 0 Å². The predicted molar refractivity (Wildman–Crippen MR) is 120 cm³/mol. The Morgan fingerprint density at radius 1 is 1.16 bits per heavy atom. The summed E-state index contributed by atoms with van der Waals surface area (Å²) in [5.41, 5.74) is 1.96. The Kier molecular flexibility index (Phi) is 6.57. The van der Waals surface area contributed by atoms with Crippen LogP contribution in [-0.4, -0.2) is 48.4 Å². The van der Waals surface area contributed by atoms with Gasteiger partial charge < -0.3 is 14.6 Å². The molecule has 9 heteroatoms. The molecule has 8 nitrogen and oxygen atoms in total. The fourth-order valence-electron chi connectivity index (χ4n) is 3.80. The molecule has 0 radical (unpaired) electrons. The fourth-order valence-corrected chi connectivity index (χ4v) is 5.33. The summed E-state index contributed by atoms with van der Waals surface area (Å²) in [6.45, 7) is 0.985. The predicted octanol–water partition coefficient (Wildman–Crippen LogP) is 2.60. The largest absolute Gasteiger partial charge is 0.497 e. The van der Waals surface area contributed by atoms with Crippen molar-refractivity contribution in [3.63, 3.8) is 0 Å². The molecule has 1 saturated heterocycles. The fraction of sp³-hybridized carbons (Fsp3) is 0.304. The van der Waals surface area contributed by atoms with Crippen molar-refractivity contribution in [2.45, 2.75) is 24.3 Å². The van der Waals surface area contributed by atoms with Gasteiger partial charge in [0.1, 0.15) is 5.75 Å². The number of piperidine rings is 1. The Bertz CT molecular complexity index is 1140. The van der Waals surface area contributed by atoms with Gasteiger partial charge in [-0.3, -0.25) is 4.79 Å². The van der Waals surface area contributed by atoms with E-state index in [2.05, 4.69) is 10.3 Å². The second kappa shape index (κ2) is 9.54. The number of ether oxygens (including phenoxy) is 1. The molecule has 32 heavy (non-hydrogen) atoms. The van der Waals surface area contributed by atoms with E-state index < -0.39 is 10.0 Å². The molecule has 1 fully saturated rings. The van der Waals surface area contributed by atoms with Crippen molar-refractivity contribution in [1.82, 2.24) is 19.2 Å². The molecule has 0 bridgehead atoms. The van der Waals surface area contributed by atoms with Gasteiger partial charge in [0.2, 0.25) is 15.9 Å². The molecule has 2 heterocycles. The molecule has 1 aliphatic heterocycles. The van der Waals surface area contributed by atoms with E-state index in [0.29, 0.717) is 31.7 Å². The van der Waals surface area contributed by atoms with E-state index in [-0.39, 0.29) is 23.3 Å². The Morgan fingerprint density at radius 2 is 1.91 bits per heavy atom. The summed E-state index contributed by atoms with van der Waals surface area (Å²) in [5, 5.41) is 2.95. The Labute approximate surface area is 187 Å². The number of aromatic nitrogens is 2. The third kappa shape index (κ3) is 4.84. The molecule has 0 spiro atoms. The number of amides is 1. The number of methoxy groups -OCH3 is 1. The van der Waals surface area contributed by atoms with Gasteiger partial charge in [0, 0.05) is 37.7 Å². The topological polar surface area (TPSA) is 93.5 Å². The van der Waals surface area contributed by atoms with Crippen LogP contribution in [0.2, 0.25) is 0 Å².